The molecule has 0 bridgehead atoms. The van der Waals surface area contributed by atoms with Crippen LogP contribution >= 0.6 is 0 Å². The van der Waals surface area contributed by atoms with Crippen molar-refractivity contribution in [2.75, 3.05) is 18.1 Å². The van der Waals surface area contributed by atoms with Crippen molar-refractivity contribution in [2.45, 2.75) is 40.2 Å². The third kappa shape index (κ3) is 2.61. The summed E-state index contributed by atoms with van der Waals surface area (Å²) in [5, 5.41) is 0. The Balaban J connectivity index is 2.26. The minimum atomic E-state index is -0.453. The van der Waals surface area contributed by atoms with Crippen LogP contribution in [0.1, 0.15) is 42.3 Å². The number of benzene rings is 1. The number of aryl methyl sites for hydroxylation is 1. The highest BCUT2D eigenvalue weighted by Gasteiger charge is 2.37. The lowest BCUT2D eigenvalue weighted by Crippen LogP contribution is -2.35. The average Bonchev–Trinajstić information content (AvgIpc) is 2.58. The Labute approximate surface area is 119 Å². The fourth-order valence-corrected chi connectivity index (χ4v) is 2.33. The highest BCUT2D eigenvalue weighted by Crippen LogP contribution is 2.33. The van der Waals surface area contributed by atoms with E-state index in [1.165, 1.54) is 0 Å². The molecule has 4 heteroatoms. The Hall–Kier alpha value is -1.68. The summed E-state index contributed by atoms with van der Waals surface area (Å²) in [7, 11) is 0. The Morgan fingerprint density at radius 2 is 1.80 bits per heavy atom. The largest absolute Gasteiger partial charge is 0.374 e. The van der Waals surface area contributed by atoms with Gasteiger partial charge in [-0.25, -0.2) is 0 Å². The smallest absolute Gasteiger partial charge is 0.299 e. The van der Waals surface area contributed by atoms with E-state index in [2.05, 4.69) is 0 Å². The van der Waals surface area contributed by atoms with E-state index in [1.54, 1.807) is 11.0 Å². The molecule has 0 saturated carbocycles. The van der Waals surface area contributed by atoms with Gasteiger partial charge in [0.1, 0.15) is 0 Å². The van der Waals surface area contributed by atoms with Crippen LogP contribution in [-0.4, -0.2) is 30.4 Å². The number of amides is 1. The van der Waals surface area contributed by atoms with Crippen LogP contribution in [0.4, 0.5) is 5.69 Å². The Morgan fingerprint density at radius 1 is 1.15 bits per heavy atom. The van der Waals surface area contributed by atoms with Crippen LogP contribution in [0.25, 0.3) is 0 Å². The lowest BCUT2D eigenvalue weighted by molar-refractivity contribution is -0.114. The van der Waals surface area contributed by atoms with Crippen molar-refractivity contribution in [3.63, 3.8) is 0 Å². The van der Waals surface area contributed by atoms with Crippen molar-refractivity contribution in [3.05, 3.63) is 28.8 Å². The first-order valence-electron chi connectivity index (χ1n) is 6.83. The van der Waals surface area contributed by atoms with Crippen molar-refractivity contribution < 1.29 is 14.3 Å². The second-order valence-electron chi connectivity index (χ2n) is 6.15. The molecule has 0 unspecified atom stereocenters. The van der Waals surface area contributed by atoms with Gasteiger partial charge in [0.2, 0.25) is 0 Å². The molecule has 1 aliphatic heterocycles. The molecule has 0 atom stereocenters. The second kappa shape index (κ2) is 5.02. The number of carbonyl (C=O) groups excluding carboxylic acids is 2. The zero-order valence-corrected chi connectivity index (χ0v) is 12.7. The molecular formula is C16H21NO3. The lowest BCUT2D eigenvalue weighted by Gasteiger charge is -2.23. The van der Waals surface area contributed by atoms with Gasteiger partial charge in [-0.15, -0.1) is 0 Å². The molecule has 1 aliphatic rings. The average molecular weight is 275 g/mol. The summed E-state index contributed by atoms with van der Waals surface area (Å²) >= 11 is 0. The van der Waals surface area contributed by atoms with Crippen LogP contribution < -0.4 is 4.90 Å². The van der Waals surface area contributed by atoms with Gasteiger partial charge in [0.15, 0.2) is 0 Å². The van der Waals surface area contributed by atoms with Crippen molar-refractivity contribution in [2.24, 2.45) is 0 Å². The van der Waals surface area contributed by atoms with Gasteiger partial charge in [-0.3, -0.25) is 9.59 Å². The number of nitrogens with zero attached hydrogens (tertiary/aromatic N) is 1. The number of carbonyl (C=O) groups is 2. The molecule has 0 saturated heterocycles. The summed E-state index contributed by atoms with van der Waals surface area (Å²) in [5.41, 5.74) is 3.06. The third-order valence-corrected chi connectivity index (χ3v) is 3.51. The predicted molar refractivity (Wildman–Crippen MR) is 78.3 cm³/mol. The van der Waals surface area contributed by atoms with E-state index in [1.807, 2.05) is 40.7 Å². The SMILES string of the molecule is Cc1ccc2c(c1C)N(CCOC(C)(C)C)C(=O)C2=O. The van der Waals surface area contributed by atoms with Crippen LogP contribution in [0.3, 0.4) is 0 Å². The molecule has 0 radical (unpaired) electrons. The van der Waals surface area contributed by atoms with Gasteiger partial charge >= 0.3 is 0 Å². The van der Waals surface area contributed by atoms with Gasteiger partial charge in [0.25, 0.3) is 11.7 Å². The number of hydrogen-bond acceptors (Lipinski definition) is 3. The quantitative estimate of drug-likeness (QED) is 0.797. The highest BCUT2D eigenvalue weighted by molar-refractivity contribution is 6.52. The molecule has 1 aromatic carbocycles. The summed E-state index contributed by atoms with van der Waals surface area (Å²) in [6.45, 7) is 10.6. The minimum absolute atomic E-state index is 0.253. The number of ketones is 1. The van der Waals surface area contributed by atoms with E-state index < -0.39 is 11.7 Å². The van der Waals surface area contributed by atoms with E-state index in [4.69, 9.17) is 4.74 Å². The molecule has 4 nitrogen and oxygen atoms in total. The van der Waals surface area contributed by atoms with Gasteiger partial charge in [-0.2, -0.15) is 0 Å². The normalized spacial score (nSPS) is 14.9. The van der Waals surface area contributed by atoms with Gasteiger partial charge in [-0.1, -0.05) is 6.07 Å². The maximum absolute atomic E-state index is 12.1. The van der Waals surface area contributed by atoms with Crippen molar-refractivity contribution in [1.29, 1.82) is 0 Å². The molecule has 20 heavy (non-hydrogen) atoms. The molecule has 0 spiro atoms. The molecule has 0 aliphatic carbocycles. The Morgan fingerprint density at radius 3 is 2.40 bits per heavy atom. The first-order valence-corrected chi connectivity index (χ1v) is 6.83. The molecule has 0 N–H and O–H groups in total. The van der Waals surface area contributed by atoms with E-state index in [9.17, 15) is 9.59 Å². The maximum atomic E-state index is 12.1. The number of rotatable bonds is 3. The van der Waals surface area contributed by atoms with Gasteiger partial charge < -0.3 is 9.64 Å². The summed E-state index contributed by atoms with van der Waals surface area (Å²) < 4.78 is 5.65. The second-order valence-corrected chi connectivity index (χ2v) is 6.15. The van der Waals surface area contributed by atoms with Gasteiger partial charge in [0, 0.05) is 6.54 Å². The zero-order valence-electron chi connectivity index (χ0n) is 12.7. The molecule has 1 amide bonds. The summed E-state index contributed by atoms with van der Waals surface area (Å²) in [5.74, 6) is -0.870. The van der Waals surface area contributed by atoms with Crippen molar-refractivity contribution in [1.82, 2.24) is 0 Å². The van der Waals surface area contributed by atoms with Crippen LogP contribution in [0.15, 0.2) is 12.1 Å². The van der Waals surface area contributed by atoms with Crippen molar-refractivity contribution >= 4 is 17.4 Å². The Kier molecular flexibility index (Phi) is 3.69. The molecular weight excluding hydrogens is 254 g/mol. The number of ether oxygens (including phenoxy) is 1. The van der Waals surface area contributed by atoms with Crippen LogP contribution in [0.2, 0.25) is 0 Å². The van der Waals surface area contributed by atoms with E-state index in [0.717, 1.165) is 16.8 Å². The number of hydrogen-bond donors (Lipinski definition) is 0. The van der Waals surface area contributed by atoms with Gasteiger partial charge in [-0.05, 0) is 51.8 Å². The molecule has 0 aromatic heterocycles. The zero-order chi connectivity index (χ0) is 15.1. The molecule has 2 rings (SSSR count). The Bertz CT molecular complexity index is 570. The number of anilines is 1. The molecule has 0 fully saturated rings. The van der Waals surface area contributed by atoms with Crippen LogP contribution in [-0.2, 0) is 9.53 Å². The number of fused-ring (bicyclic) bond motifs is 1. The van der Waals surface area contributed by atoms with E-state index in [-0.39, 0.29) is 5.60 Å². The molecule has 1 aromatic rings. The topological polar surface area (TPSA) is 46.6 Å². The predicted octanol–water partition coefficient (Wildman–Crippen LogP) is 2.65. The standard InChI is InChI=1S/C16H21NO3/c1-10-6-7-12-13(11(10)2)17(15(19)14(12)18)8-9-20-16(3,4)5/h6-7H,8-9H2,1-5H3. The molecule has 1 heterocycles. The first-order chi connectivity index (χ1) is 9.22. The number of Topliss-reactive ketones (excluding diaryl/α,β-unsaturated/α-hetero) is 1. The highest BCUT2D eigenvalue weighted by atomic mass is 16.5. The van der Waals surface area contributed by atoms with Crippen LogP contribution in [0, 0.1) is 13.8 Å². The molecule has 108 valence electrons. The van der Waals surface area contributed by atoms with E-state index >= 15 is 0 Å². The fourth-order valence-electron chi connectivity index (χ4n) is 2.33. The van der Waals surface area contributed by atoms with E-state index in [0.29, 0.717) is 18.7 Å². The monoisotopic (exact) mass is 275 g/mol. The summed E-state index contributed by atoms with van der Waals surface area (Å²) in [6, 6.07) is 3.62. The summed E-state index contributed by atoms with van der Waals surface area (Å²) in [4.78, 5) is 25.6. The lowest BCUT2D eigenvalue weighted by atomic mass is 10.0. The van der Waals surface area contributed by atoms with Crippen molar-refractivity contribution in [3.8, 4) is 0 Å². The fraction of sp³-hybridized carbons (Fsp3) is 0.500. The minimum Gasteiger partial charge on any atom is -0.374 e. The maximum Gasteiger partial charge on any atom is 0.299 e. The van der Waals surface area contributed by atoms with Crippen LogP contribution in [0.5, 0.6) is 0 Å². The first kappa shape index (κ1) is 14.7. The van der Waals surface area contributed by atoms with Gasteiger partial charge in [0.05, 0.1) is 23.5 Å². The summed E-state index contributed by atoms with van der Waals surface area (Å²) in [6.07, 6.45) is 0. The third-order valence-electron chi connectivity index (χ3n) is 3.51.